The monoisotopic (exact) mass is 554 g/mol. The lowest BCUT2D eigenvalue weighted by Gasteiger charge is -2.29. The Kier molecular flexibility index (Phi) is 8.52. The van der Waals surface area contributed by atoms with Crippen LogP contribution < -0.4 is 11.1 Å². The first kappa shape index (κ1) is 28.3. The summed E-state index contributed by atoms with van der Waals surface area (Å²) < 4.78 is 58.4. The first-order chi connectivity index (χ1) is 19.0. The van der Waals surface area contributed by atoms with E-state index in [0.29, 0.717) is 47.4 Å². The van der Waals surface area contributed by atoms with Crippen LogP contribution in [0.25, 0.3) is 28.2 Å². The van der Waals surface area contributed by atoms with Gasteiger partial charge in [-0.25, -0.2) is 9.37 Å². The number of furan rings is 1. The molecule has 0 saturated carbocycles. The maximum Gasteiger partial charge on any atom is 0.420 e. The molecule has 0 aliphatic carbocycles. The van der Waals surface area contributed by atoms with Crippen LogP contribution in [0.3, 0.4) is 0 Å². The number of halogens is 4. The molecule has 5 rings (SSSR count). The average Bonchev–Trinajstić information content (AvgIpc) is 3.32. The minimum atomic E-state index is -4.59. The number of hydrogen-bond donors (Lipinski definition) is 2. The zero-order valence-corrected chi connectivity index (χ0v) is 21.4. The van der Waals surface area contributed by atoms with E-state index in [2.05, 4.69) is 10.3 Å². The predicted molar refractivity (Wildman–Crippen MR) is 143 cm³/mol. The van der Waals surface area contributed by atoms with Gasteiger partial charge in [0.15, 0.2) is 0 Å². The van der Waals surface area contributed by atoms with Crippen molar-refractivity contribution in [3.05, 3.63) is 89.3 Å². The zero-order valence-electron chi connectivity index (χ0n) is 21.4. The number of fused-ring (bicyclic) bond motifs is 1. The molecular weight excluding hydrogens is 528 g/mol. The smallest absolute Gasteiger partial charge is 0.420 e. The number of amides is 2. The number of carbonyl (C=O) groups is 2. The summed E-state index contributed by atoms with van der Waals surface area (Å²) in [5.41, 5.74) is 7.21. The first-order valence-electron chi connectivity index (χ1n) is 12.2. The zero-order chi connectivity index (χ0) is 28.9. The van der Waals surface area contributed by atoms with Crippen LogP contribution in [0.1, 0.15) is 22.5 Å². The number of nitrogen functional groups attached to an aromatic ring is 1. The third kappa shape index (κ3) is 7.25. The Balaban J connectivity index is 0.000000461. The molecule has 2 aromatic carbocycles. The number of aromatic nitrogens is 1. The minimum absolute atomic E-state index is 0.0605. The second-order valence-corrected chi connectivity index (χ2v) is 9.24. The van der Waals surface area contributed by atoms with Crippen molar-refractivity contribution in [3.63, 3.8) is 0 Å². The molecule has 0 unspecified atom stereocenters. The van der Waals surface area contributed by atoms with Crippen molar-refractivity contribution < 1.29 is 31.6 Å². The van der Waals surface area contributed by atoms with Gasteiger partial charge in [0, 0.05) is 17.7 Å². The Morgan fingerprint density at radius 1 is 1.12 bits per heavy atom. The van der Waals surface area contributed by atoms with Gasteiger partial charge < -0.3 is 20.4 Å². The number of alkyl halides is 4. The van der Waals surface area contributed by atoms with Gasteiger partial charge in [-0.15, -0.1) is 0 Å². The highest BCUT2D eigenvalue weighted by molar-refractivity contribution is 5.92. The third-order valence-electron chi connectivity index (χ3n) is 6.05. The lowest BCUT2D eigenvalue weighted by Crippen LogP contribution is -2.47. The van der Waals surface area contributed by atoms with Crippen molar-refractivity contribution in [2.75, 3.05) is 18.8 Å². The molecule has 208 valence electrons. The second-order valence-electron chi connectivity index (χ2n) is 9.24. The first-order valence-corrected chi connectivity index (χ1v) is 12.2. The number of nitrogens with zero attached hydrogens (tertiary/aromatic N) is 2. The molecule has 4 aromatic rings. The lowest BCUT2D eigenvalue weighted by molar-refractivity contribution is -0.136. The van der Waals surface area contributed by atoms with Crippen LogP contribution in [-0.4, -0.2) is 41.5 Å². The number of anilines is 1. The predicted octanol–water partition coefficient (Wildman–Crippen LogP) is 5.53. The Morgan fingerprint density at radius 3 is 2.42 bits per heavy atom. The summed E-state index contributed by atoms with van der Waals surface area (Å²) in [6, 6.07) is 14.8. The number of hydrogen-bond acceptors (Lipinski definition) is 5. The number of nitrogens with two attached hydrogens (primary N) is 1. The highest BCUT2D eigenvalue weighted by Gasteiger charge is 2.35. The van der Waals surface area contributed by atoms with Gasteiger partial charge in [0.05, 0.1) is 25.2 Å². The fourth-order valence-electron chi connectivity index (χ4n) is 3.88. The number of pyridine rings is 1. The van der Waals surface area contributed by atoms with Crippen LogP contribution in [0.4, 0.5) is 23.4 Å². The largest absolute Gasteiger partial charge is 0.459 e. The number of rotatable bonds is 6. The number of nitrogens with one attached hydrogen (secondary N) is 1. The van der Waals surface area contributed by atoms with Crippen LogP contribution in [0.15, 0.2) is 71.3 Å². The van der Waals surface area contributed by atoms with E-state index in [-0.39, 0.29) is 17.9 Å². The van der Waals surface area contributed by atoms with Crippen molar-refractivity contribution in [1.29, 1.82) is 0 Å². The number of likely N-dealkylation sites (tertiary alicyclic amines) is 1. The molecule has 7 nitrogen and oxygen atoms in total. The molecule has 1 aliphatic rings. The van der Waals surface area contributed by atoms with Crippen LogP contribution in [0.5, 0.6) is 0 Å². The van der Waals surface area contributed by atoms with Crippen molar-refractivity contribution in [3.8, 4) is 11.1 Å². The molecule has 0 atom stereocenters. The van der Waals surface area contributed by atoms with E-state index in [1.165, 1.54) is 23.2 Å². The van der Waals surface area contributed by atoms with Gasteiger partial charge >= 0.3 is 6.18 Å². The van der Waals surface area contributed by atoms with Crippen molar-refractivity contribution in [2.24, 2.45) is 0 Å². The summed E-state index contributed by atoms with van der Waals surface area (Å²) in [5.74, 6) is 0.154. The van der Waals surface area contributed by atoms with E-state index >= 15 is 0 Å². The molecule has 0 radical (unpaired) electrons. The van der Waals surface area contributed by atoms with Crippen LogP contribution >= 0.6 is 0 Å². The molecule has 1 aliphatic heterocycles. The number of carbonyl (C=O) groups excluding carboxylic acids is 2. The van der Waals surface area contributed by atoms with Crippen molar-refractivity contribution in [2.45, 2.75) is 25.8 Å². The normalized spacial score (nSPS) is 13.6. The van der Waals surface area contributed by atoms with E-state index in [1.807, 2.05) is 19.1 Å². The fraction of sp³-hybridized carbons (Fsp3) is 0.207. The Bertz CT molecular complexity index is 1510. The van der Waals surface area contributed by atoms with Crippen LogP contribution in [0.2, 0.25) is 0 Å². The highest BCUT2D eigenvalue weighted by Crippen LogP contribution is 2.39. The van der Waals surface area contributed by atoms with Crippen molar-refractivity contribution >= 4 is 35.2 Å². The van der Waals surface area contributed by atoms with Gasteiger partial charge in [0.25, 0.3) is 0 Å². The molecule has 3 N–H and O–H groups in total. The van der Waals surface area contributed by atoms with E-state index in [0.717, 1.165) is 11.6 Å². The summed E-state index contributed by atoms with van der Waals surface area (Å²) in [5, 5.41) is 2.92. The Labute approximate surface area is 227 Å². The third-order valence-corrected chi connectivity index (χ3v) is 6.05. The van der Waals surface area contributed by atoms with Gasteiger partial charge in [-0.2, -0.15) is 13.2 Å². The Hall–Kier alpha value is -4.67. The van der Waals surface area contributed by atoms with E-state index in [1.54, 1.807) is 36.4 Å². The maximum absolute atomic E-state index is 13.7. The van der Waals surface area contributed by atoms with Crippen LogP contribution in [-0.2, 0) is 22.3 Å². The summed E-state index contributed by atoms with van der Waals surface area (Å²) in [6.45, 7) is 2.44. The molecule has 0 bridgehead atoms. The summed E-state index contributed by atoms with van der Waals surface area (Å²) in [4.78, 5) is 27.1. The molecule has 2 amide bonds. The quantitative estimate of drug-likeness (QED) is 0.185. The maximum atomic E-state index is 13.7. The molecule has 40 heavy (non-hydrogen) atoms. The highest BCUT2D eigenvalue weighted by atomic mass is 19.4. The van der Waals surface area contributed by atoms with E-state index in [4.69, 9.17) is 10.2 Å². The lowest BCUT2D eigenvalue weighted by atomic mass is 9.99. The van der Waals surface area contributed by atoms with Gasteiger partial charge in [0.1, 0.15) is 23.3 Å². The van der Waals surface area contributed by atoms with Gasteiger partial charge in [-0.3, -0.25) is 9.59 Å². The molecule has 1 saturated heterocycles. The molecule has 2 aromatic heterocycles. The van der Waals surface area contributed by atoms with Gasteiger partial charge in [-0.05, 0) is 60.0 Å². The summed E-state index contributed by atoms with van der Waals surface area (Å²) >= 11 is 0. The van der Waals surface area contributed by atoms with E-state index < -0.39 is 23.8 Å². The molecular formula is C29H26F4N4O3. The standard InChI is InChI=1S/C25H20F3N3O2.C4H6FNO/c1-15-2-6-17(7-3-15)18-10-19-11-20(33-24(19)21(12-18)25(26,27)28)14-31-23(32)9-5-16-4-8-22(29)30-13-16;5-4-1-6(2-4)3-7/h2-13H,14H2,1H3,(H2,29,30)(H,31,32);3-4H,1-2H2/b9-5+;. The molecule has 0 spiro atoms. The SMILES string of the molecule is Cc1ccc(-c2cc(C(F)(F)F)c3oc(CNC(=O)/C=C/c4ccc(N)nc4)cc3c2)cc1.O=CN1CC(F)C1. The van der Waals surface area contributed by atoms with E-state index in [9.17, 15) is 27.2 Å². The minimum Gasteiger partial charge on any atom is -0.459 e. The number of aryl methyl sites for hydroxylation is 1. The molecule has 11 heteroatoms. The van der Waals surface area contributed by atoms with Gasteiger partial charge in [0.2, 0.25) is 12.3 Å². The topological polar surface area (TPSA) is 101 Å². The summed E-state index contributed by atoms with van der Waals surface area (Å²) in [6.07, 6.45) is -0.320. The fourth-order valence-corrected chi connectivity index (χ4v) is 3.88. The molecule has 3 heterocycles. The Morgan fingerprint density at radius 2 is 1.85 bits per heavy atom. The van der Waals surface area contributed by atoms with Gasteiger partial charge in [-0.1, -0.05) is 29.8 Å². The number of benzene rings is 2. The van der Waals surface area contributed by atoms with Crippen molar-refractivity contribution in [1.82, 2.24) is 15.2 Å². The second kappa shape index (κ2) is 12.0. The average molecular weight is 555 g/mol. The van der Waals surface area contributed by atoms with Crippen LogP contribution in [0, 0.1) is 6.92 Å². The summed E-state index contributed by atoms with van der Waals surface area (Å²) in [7, 11) is 0. The molecule has 1 fully saturated rings.